The van der Waals surface area contributed by atoms with Crippen LogP contribution in [0.4, 0.5) is 0 Å². The van der Waals surface area contributed by atoms with Crippen molar-refractivity contribution in [3.8, 4) is 0 Å². The molecule has 0 heterocycles. The predicted octanol–water partition coefficient (Wildman–Crippen LogP) is 3.28. The molecule has 1 aromatic carbocycles. The van der Waals surface area contributed by atoms with Crippen molar-refractivity contribution in [2.24, 2.45) is 5.73 Å². The lowest BCUT2D eigenvalue weighted by Crippen LogP contribution is -2.19. The van der Waals surface area contributed by atoms with Crippen LogP contribution in [-0.2, 0) is 9.84 Å². The van der Waals surface area contributed by atoms with E-state index < -0.39 is 9.84 Å². The molecule has 0 aliphatic heterocycles. The van der Waals surface area contributed by atoms with Crippen molar-refractivity contribution in [2.75, 3.05) is 5.75 Å². The smallest absolute Gasteiger partial charge is 0.178 e. The molecular formula is C12H17Cl2NO2S. The zero-order chi connectivity index (χ0) is 13.8. The van der Waals surface area contributed by atoms with Crippen molar-refractivity contribution in [1.29, 1.82) is 0 Å². The van der Waals surface area contributed by atoms with Crippen LogP contribution in [0.2, 0.25) is 10.0 Å². The minimum atomic E-state index is -3.30. The fourth-order valence-electron chi connectivity index (χ4n) is 1.53. The summed E-state index contributed by atoms with van der Waals surface area (Å²) in [5.41, 5.74) is 5.75. The number of nitrogens with two attached hydrogens (primary N) is 1. The molecule has 0 aliphatic carbocycles. The Hall–Kier alpha value is -0.290. The van der Waals surface area contributed by atoms with Gasteiger partial charge >= 0.3 is 0 Å². The normalized spacial score (nSPS) is 13.6. The highest BCUT2D eigenvalue weighted by atomic mass is 35.5. The number of halogens is 2. The third-order valence-corrected chi connectivity index (χ3v) is 5.30. The van der Waals surface area contributed by atoms with Crippen molar-refractivity contribution in [2.45, 2.75) is 37.1 Å². The number of sulfone groups is 1. The van der Waals surface area contributed by atoms with Crippen LogP contribution in [0.25, 0.3) is 0 Å². The van der Waals surface area contributed by atoms with Crippen molar-refractivity contribution in [1.82, 2.24) is 0 Å². The first kappa shape index (κ1) is 15.8. The van der Waals surface area contributed by atoms with E-state index in [4.69, 9.17) is 28.9 Å². The number of hydrogen-bond donors (Lipinski definition) is 1. The summed E-state index contributed by atoms with van der Waals surface area (Å²) < 4.78 is 24.0. The molecule has 2 N–H and O–H groups in total. The Balaban J connectivity index is 2.71. The van der Waals surface area contributed by atoms with Crippen molar-refractivity contribution in [3.63, 3.8) is 0 Å². The maximum Gasteiger partial charge on any atom is 0.178 e. The largest absolute Gasteiger partial charge is 0.328 e. The van der Waals surface area contributed by atoms with Crippen molar-refractivity contribution < 1.29 is 8.42 Å². The van der Waals surface area contributed by atoms with Crippen LogP contribution >= 0.6 is 23.2 Å². The van der Waals surface area contributed by atoms with E-state index in [9.17, 15) is 8.42 Å². The van der Waals surface area contributed by atoms with Gasteiger partial charge in [-0.2, -0.15) is 0 Å². The molecule has 1 unspecified atom stereocenters. The summed E-state index contributed by atoms with van der Waals surface area (Å²) >= 11 is 11.6. The molecule has 0 saturated carbocycles. The Bertz CT molecular complexity index is 503. The zero-order valence-corrected chi connectivity index (χ0v) is 12.5. The molecule has 1 rings (SSSR count). The van der Waals surface area contributed by atoms with E-state index in [1.54, 1.807) is 0 Å². The van der Waals surface area contributed by atoms with Gasteiger partial charge in [-0.3, -0.25) is 0 Å². The molecule has 18 heavy (non-hydrogen) atoms. The van der Waals surface area contributed by atoms with Gasteiger partial charge in [0.05, 0.1) is 20.7 Å². The van der Waals surface area contributed by atoms with Gasteiger partial charge in [0, 0.05) is 6.04 Å². The third kappa shape index (κ3) is 4.43. The molecule has 102 valence electrons. The summed E-state index contributed by atoms with van der Waals surface area (Å²) in [6, 6.07) is 4.42. The summed E-state index contributed by atoms with van der Waals surface area (Å²) in [7, 11) is -3.30. The van der Waals surface area contributed by atoms with Gasteiger partial charge in [-0.15, -0.1) is 0 Å². The molecule has 0 aromatic heterocycles. The molecular weight excluding hydrogens is 293 g/mol. The Labute approximate surface area is 118 Å². The lowest BCUT2D eigenvalue weighted by Gasteiger charge is -2.09. The second-order valence-electron chi connectivity index (χ2n) is 4.21. The summed E-state index contributed by atoms with van der Waals surface area (Å²) in [6.07, 6.45) is 2.11. The molecule has 1 atom stereocenters. The van der Waals surface area contributed by atoms with E-state index in [1.165, 1.54) is 18.2 Å². The van der Waals surface area contributed by atoms with Crippen LogP contribution in [0.5, 0.6) is 0 Å². The van der Waals surface area contributed by atoms with E-state index in [1.807, 2.05) is 6.92 Å². The molecule has 3 nitrogen and oxygen atoms in total. The van der Waals surface area contributed by atoms with Crippen LogP contribution in [0.1, 0.15) is 26.2 Å². The highest BCUT2D eigenvalue weighted by Gasteiger charge is 2.16. The number of benzene rings is 1. The van der Waals surface area contributed by atoms with Gasteiger partial charge in [-0.05, 0) is 37.5 Å². The Morgan fingerprint density at radius 2 is 1.94 bits per heavy atom. The van der Waals surface area contributed by atoms with Gasteiger partial charge in [-0.1, -0.05) is 30.1 Å². The average Bonchev–Trinajstić information content (AvgIpc) is 2.32. The first-order valence-electron chi connectivity index (χ1n) is 5.80. The summed E-state index contributed by atoms with van der Waals surface area (Å²) in [4.78, 5) is 0.210. The molecule has 0 radical (unpaired) electrons. The van der Waals surface area contributed by atoms with Gasteiger partial charge in [0.15, 0.2) is 9.84 Å². The van der Waals surface area contributed by atoms with E-state index in [0.717, 1.165) is 6.42 Å². The van der Waals surface area contributed by atoms with Crippen LogP contribution in [0, 0.1) is 0 Å². The number of rotatable bonds is 6. The monoisotopic (exact) mass is 309 g/mol. The van der Waals surface area contributed by atoms with Crippen LogP contribution in [0.3, 0.4) is 0 Å². The quantitative estimate of drug-likeness (QED) is 0.877. The molecule has 6 heteroatoms. The van der Waals surface area contributed by atoms with Crippen molar-refractivity contribution >= 4 is 33.0 Å². The van der Waals surface area contributed by atoms with Gasteiger partial charge in [0.25, 0.3) is 0 Å². The van der Waals surface area contributed by atoms with E-state index in [-0.39, 0.29) is 21.7 Å². The molecule has 0 amide bonds. The molecule has 0 saturated heterocycles. The third-order valence-electron chi connectivity index (χ3n) is 2.76. The van der Waals surface area contributed by atoms with Gasteiger partial charge in [0.1, 0.15) is 0 Å². The van der Waals surface area contributed by atoms with Gasteiger partial charge in [-0.25, -0.2) is 8.42 Å². The number of hydrogen-bond acceptors (Lipinski definition) is 3. The minimum absolute atomic E-state index is 0.0639. The van der Waals surface area contributed by atoms with E-state index in [2.05, 4.69) is 0 Å². The molecule has 0 bridgehead atoms. The Morgan fingerprint density at radius 1 is 1.28 bits per heavy atom. The highest BCUT2D eigenvalue weighted by molar-refractivity contribution is 7.91. The lowest BCUT2D eigenvalue weighted by atomic mass is 10.1. The minimum Gasteiger partial charge on any atom is -0.328 e. The lowest BCUT2D eigenvalue weighted by molar-refractivity contribution is 0.567. The van der Waals surface area contributed by atoms with E-state index >= 15 is 0 Å². The molecule has 0 aliphatic rings. The Kier molecular flexibility index (Phi) is 5.92. The van der Waals surface area contributed by atoms with Crippen molar-refractivity contribution in [3.05, 3.63) is 28.2 Å². The second kappa shape index (κ2) is 6.75. The standard InChI is InChI=1S/C12H17Cl2NO2S/c1-2-9(15)4-3-7-18(16,17)10-5-6-11(13)12(14)8-10/h5-6,8-9H,2-4,7,15H2,1H3. The second-order valence-corrected chi connectivity index (χ2v) is 7.13. The summed E-state index contributed by atoms with van der Waals surface area (Å²) in [5.74, 6) is 0.0820. The molecule has 1 aromatic rings. The topological polar surface area (TPSA) is 60.2 Å². The fourth-order valence-corrected chi connectivity index (χ4v) is 3.25. The van der Waals surface area contributed by atoms with E-state index in [0.29, 0.717) is 17.9 Å². The van der Waals surface area contributed by atoms with Gasteiger partial charge in [0.2, 0.25) is 0 Å². The highest BCUT2D eigenvalue weighted by Crippen LogP contribution is 2.25. The van der Waals surface area contributed by atoms with Crippen LogP contribution in [0.15, 0.2) is 23.1 Å². The van der Waals surface area contributed by atoms with Crippen LogP contribution < -0.4 is 5.73 Å². The molecule has 0 fully saturated rings. The predicted molar refractivity (Wildman–Crippen MR) is 76.0 cm³/mol. The first-order valence-corrected chi connectivity index (χ1v) is 8.21. The maximum atomic E-state index is 12.0. The fraction of sp³-hybridized carbons (Fsp3) is 0.500. The Morgan fingerprint density at radius 3 is 2.50 bits per heavy atom. The zero-order valence-electron chi connectivity index (χ0n) is 10.2. The summed E-state index contributed by atoms with van der Waals surface area (Å²) in [6.45, 7) is 1.98. The van der Waals surface area contributed by atoms with Crippen LogP contribution in [-0.4, -0.2) is 20.2 Å². The maximum absolute atomic E-state index is 12.0. The summed E-state index contributed by atoms with van der Waals surface area (Å²) in [5, 5.41) is 0.603. The van der Waals surface area contributed by atoms with Gasteiger partial charge < -0.3 is 5.73 Å². The SMILES string of the molecule is CCC(N)CCCS(=O)(=O)c1ccc(Cl)c(Cl)c1. The molecule has 0 spiro atoms. The average molecular weight is 310 g/mol. The first-order chi connectivity index (χ1) is 8.36.